The van der Waals surface area contributed by atoms with E-state index in [-0.39, 0.29) is 36.3 Å². The third kappa shape index (κ3) is 6.01. The molecule has 45 heavy (non-hydrogen) atoms. The summed E-state index contributed by atoms with van der Waals surface area (Å²) in [7, 11) is 4.09. The van der Waals surface area contributed by atoms with Gasteiger partial charge in [0, 0.05) is 48.9 Å². The lowest BCUT2D eigenvalue weighted by atomic mass is 10.0. The molecule has 0 radical (unpaired) electrons. The third-order valence-corrected chi connectivity index (χ3v) is 9.56. The smallest absolute Gasteiger partial charge is 0.319 e. The predicted molar refractivity (Wildman–Crippen MR) is 171 cm³/mol. The Labute approximate surface area is 266 Å². The predicted octanol–water partition coefficient (Wildman–Crippen LogP) is 5.27. The molecule has 1 saturated heterocycles. The molecular formula is C33H36ClF2N7O2. The lowest BCUT2D eigenvalue weighted by Crippen LogP contribution is -2.57. The fourth-order valence-corrected chi connectivity index (χ4v) is 7.23. The Kier molecular flexibility index (Phi) is 8.80. The lowest BCUT2D eigenvalue weighted by Gasteiger charge is -2.41. The molecule has 9 nitrogen and oxygen atoms in total. The zero-order valence-corrected chi connectivity index (χ0v) is 26.2. The molecule has 0 spiro atoms. The van der Waals surface area contributed by atoms with Crippen LogP contribution in [0, 0.1) is 12.4 Å². The fraction of sp³-hybridized carbons (Fsp3) is 0.455. The summed E-state index contributed by atoms with van der Waals surface area (Å²) in [5.41, 5.74) is 2.58. The van der Waals surface area contributed by atoms with Gasteiger partial charge in [-0.3, -0.25) is 4.79 Å². The minimum absolute atomic E-state index is 0.0327. The highest BCUT2D eigenvalue weighted by Gasteiger charge is 2.37. The average Bonchev–Trinajstić information content (AvgIpc) is 3.50. The topological polar surface area (TPSA) is 69.4 Å². The summed E-state index contributed by atoms with van der Waals surface area (Å²) in [4.78, 5) is 33.8. The van der Waals surface area contributed by atoms with Gasteiger partial charge in [-0.25, -0.2) is 15.4 Å². The number of hydrogen-bond donors (Lipinski definition) is 0. The Morgan fingerprint density at radius 1 is 1.18 bits per heavy atom. The van der Waals surface area contributed by atoms with Crippen LogP contribution in [0.15, 0.2) is 42.7 Å². The average molecular weight is 636 g/mol. The van der Waals surface area contributed by atoms with Crippen LogP contribution in [0.4, 0.5) is 20.3 Å². The van der Waals surface area contributed by atoms with Gasteiger partial charge in [-0.15, -0.1) is 0 Å². The number of fused-ring (bicyclic) bond motifs is 2. The second kappa shape index (κ2) is 12.8. The number of halogens is 3. The van der Waals surface area contributed by atoms with Gasteiger partial charge in [0.1, 0.15) is 23.8 Å². The molecule has 3 aliphatic rings. The minimum atomic E-state index is -1.03. The van der Waals surface area contributed by atoms with E-state index in [1.807, 2.05) is 32.3 Å². The zero-order valence-electron chi connectivity index (χ0n) is 25.5. The first-order chi connectivity index (χ1) is 21.7. The molecule has 3 heterocycles. The molecule has 236 valence electrons. The molecule has 0 unspecified atom stereocenters. The Morgan fingerprint density at radius 3 is 2.76 bits per heavy atom. The van der Waals surface area contributed by atoms with Gasteiger partial charge in [-0.1, -0.05) is 36.4 Å². The van der Waals surface area contributed by atoms with Crippen LogP contribution < -0.4 is 14.5 Å². The number of rotatable bonds is 7. The van der Waals surface area contributed by atoms with E-state index in [0.29, 0.717) is 43.8 Å². The van der Waals surface area contributed by atoms with Crippen LogP contribution in [-0.2, 0) is 17.8 Å². The van der Waals surface area contributed by atoms with Gasteiger partial charge in [-0.05, 0) is 57.3 Å². The Bertz CT molecular complexity index is 1680. The molecule has 1 amide bonds. The number of benzene rings is 2. The molecule has 2 aliphatic heterocycles. The van der Waals surface area contributed by atoms with E-state index in [1.54, 1.807) is 6.07 Å². The molecule has 3 aromatic rings. The number of anilines is 2. The molecule has 0 bridgehead atoms. The van der Waals surface area contributed by atoms with Crippen molar-refractivity contribution in [2.24, 2.45) is 0 Å². The summed E-state index contributed by atoms with van der Waals surface area (Å²) >= 11 is 6.49. The van der Waals surface area contributed by atoms with Crippen LogP contribution in [0.2, 0.25) is 5.02 Å². The maximum absolute atomic E-state index is 14.6. The Morgan fingerprint density at radius 2 is 2.00 bits per heavy atom. The van der Waals surface area contributed by atoms with Gasteiger partial charge >= 0.3 is 6.01 Å². The third-order valence-electron chi connectivity index (χ3n) is 9.19. The van der Waals surface area contributed by atoms with Gasteiger partial charge in [0.25, 0.3) is 5.91 Å². The summed E-state index contributed by atoms with van der Waals surface area (Å²) in [6.07, 6.45) is 3.50. The molecule has 6 rings (SSSR count). The highest BCUT2D eigenvalue weighted by Crippen LogP contribution is 2.38. The van der Waals surface area contributed by atoms with Gasteiger partial charge < -0.3 is 29.2 Å². The number of hydrogen-bond acceptors (Lipinski definition) is 7. The molecule has 3 atom stereocenters. The highest BCUT2D eigenvalue weighted by atomic mass is 35.5. The van der Waals surface area contributed by atoms with E-state index in [4.69, 9.17) is 32.9 Å². The standard InChI is InChI=1S/C33H36ClF2N7O2/c1-20(35)32(44)43-16-15-42(18-22(43)17-37-2)31-23-13-14-41(27-9-5-7-21-11-12-24(36)30(34)29(21)27)19-25(23)38-33(39-31)45-28-10-6-8-26(28)40(3)4/h5,7,9,11-12,22,26,28H,1,6,8,10,13-19H2,3-4H3/t22-,26-,28-/m0/s1. The van der Waals surface area contributed by atoms with E-state index in [0.717, 1.165) is 41.6 Å². The van der Waals surface area contributed by atoms with Crippen LogP contribution in [0.25, 0.3) is 15.6 Å². The number of nitrogens with zero attached hydrogens (tertiary/aromatic N) is 7. The van der Waals surface area contributed by atoms with Crippen molar-refractivity contribution >= 4 is 39.8 Å². The van der Waals surface area contributed by atoms with Gasteiger partial charge in [0.2, 0.25) is 6.54 Å². The van der Waals surface area contributed by atoms with Crippen molar-refractivity contribution < 1.29 is 18.3 Å². The summed E-state index contributed by atoms with van der Waals surface area (Å²) in [5.74, 6) is -1.58. The first kappa shape index (κ1) is 31.0. The maximum atomic E-state index is 14.6. The fourth-order valence-electron chi connectivity index (χ4n) is 6.97. The normalized spacial score (nSPS) is 21.6. The number of aromatic nitrogens is 2. The van der Waals surface area contributed by atoms with Crippen molar-refractivity contribution in [3.05, 3.63) is 76.3 Å². The molecule has 2 aromatic carbocycles. The SMILES string of the molecule is [C-]#[N+]C[C@H]1CN(c2nc(O[C@H]3CCC[C@@H]3N(C)C)nc3c2CCN(c2cccc4ccc(F)c(Cl)c24)C3)CCN1C(=O)C(=C)F. The van der Waals surface area contributed by atoms with E-state index in [9.17, 15) is 13.6 Å². The number of carbonyl (C=O) groups excluding carboxylic acids is 1. The van der Waals surface area contributed by atoms with Gasteiger partial charge in [-0.2, -0.15) is 9.97 Å². The van der Waals surface area contributed by atoms with Crippen LogP contribution in [0.3, 0.4) is 0 Å². The van der Waals surface area contributed by atoms with Crippen molar-refractivity contribution in [1.29, 1.82) is 0 Å². The summed E-state index contributed by atoms with van der Waals surface area (Å²) < 4.78 is 34.9. The van der Waals surface area contributed by atoms with Gasteiger partial charge in [0.05, 0.1) is 17.3 Å². The largest absolute Gasteiger partial charge is 0.458 e. The van der Waals surface area contributed by atoms with Crippen LogP contribution in [0.1, 0.15) is 30.5 Å². The van der Waals surface area contributed by atoms with E-state index in [1.165, 1.54) is 11.0 Å². The monoisotopic (exact) mass is 635 g/mol. The molecule has 1 aliphatic carbocycles. The number of carbonyl (C=O) groups is 1. The number of amides is 1. The summed E-state index contributed by atoms with van der Waals surface area (Å²) in [5, 5.41) is 1.60. The quantitative estimate of drug-likeness (QED) is 0.259. The Balaban J connectivity index is 1.38. The molecule has 2 fully saturated rings. The number of ether oxygens (including phenoxy) is 1. The van der Waals surface area contributed by atoms with Crippen molar-refractivity contribution in [2.45, 2.75) is 50.4 Å². The van der Waals surface area contributed by atoms with E-state index >= 15 is 0 Å². The molecule has 1 saturated carbocycles. The van der Waals surface area contributed by atoms with E-state index < -0.39 is 23.6 Å². The van der Waals surface area contributed by atoms with E-state index in [2.05, 4.69) is 26.1 Å². The second-order valence-electron chi connectivity index (χ2n) is 12.1. The molecule has 0 N–H and O–H groups in total. The van der Waals surface area contributed by atoms with Crippen LogP contribution >= 0.6 is 11.6 Å². The first-order valence-electron chi connectivity index (χ1n) is 15.2. The van der Waals surface area contributed by atoms with Crippen molar-refractivity contribution in [3.8, 4) is 6.01 Å². The zero-order chi connectivity index (χ0) is 31.8. The lowest BCUT2D eigenvalue weighted by molar-refractivity contribution is -0.131. The molecular weight excluding hydrogens is 600 g/mol. The minimum Gasteiger partial charge on any atom is -0.458 e. The number of piperazine rings is 1. The maximum Gasteiger partial charge on any atom is 0.319 e. The van der Waals surface area contributed by atoms with Gasteiger partial charge in [0.15, 0.2) is 5.83 Å². The Hall–Kier alpha value is -4.01. The highest BCUT2D eigenvalue weighted by molar-refractivity contribution is 6.36. The van der Waals surface area contributed by atoms with Crippen molar-refractivity contribution in [2.75, 3.05) is 56.6 Å². The number of likely N-dealkylation sites (N-methyl/N-ethyl adjacent to an activating group) is 1. The molecule has 1 aromatic heterocycles. The first-order valence-corrected chi connectivity index (χ1v) is 15.6. The van der Waals surface area contributed by atoms with Crippen molar-refractivity contribution in [1.82, 2.24) is 19.8 Å². The van der Waals surface area contributed by atoms with Crippen LogP contribution in [0.5, 0.6) is 6.01 Å². The molecule has 12 heteroatoms. The second-order valence-corrected chi connectivity index (χ2v) is 12.5. The van der Waals surface area contributed by atoms with Crippen molar-refractivity contribution in [3.63, 3.8) is 0 Å². The summed E-state index contributed by atoms with van der Waals surface area (Å²) in [6, 6.07) is 8.91. The summed E-state index contributed by atoms with van der Waals surface area (Å²) in [6.45, 7) is 12.7. The van der Waals surface area contributed by atoms with Crippen LogP contribution in [-0.4, -0.2) is 90.7 Å².